The van der Waals surface area contributed by atoms with Gasteiger partial charge in [0.1, 0.15) is 0 Å². The standard InChI is InChI=1S/C60H44N2/c1-59(2)51-26-13-12-24-46(51)49-33-41(28-31-52(49)59)38-20-14-21-42(32-38)55-36-56(62-58(61-55)37-16-6-5-7-17-37)47-30-29-45(43-22-10-11-23-44(43)47)48-25-15-27-53-57(48)50-34-39-18-8-9-19-40(39)35-54(50)60(53,3)4/h5-36H,1-4H3. The van der Waals surface area contributed by atoms with Gasteiger partial charge >= 0.3 is 0 Å². The number of nitrogens with zero attached hydrogens (tertiary/aromatic N) is 2. The predicted octanol–water partition coefficient (Wildman–Crippen LogP) is 15.7. The van der Waals surface area contributed by atoms with Gasteiger partial charge in [0, 0.05) is 27.5 Å². The quantitative estimate of drug-likeness (QED) is 0.173. The molecule has 1 aromatic heterocycles. The van der Waals surface area contributed by atoms with Crippen LogP contribution in [0.2, 0.25) is 0 Å². The van der Waals surface area contributed by atoms with Gasteiger partial charge in [0.15, 0.2) is 5.82 Å². The molecule has 0 fully saturated rings. The molecule has 9 aromatic carbocycles. The lowest BCUT2D eigenvalue weighted by atomic mass is 9.81. The van der Waals surface area contributed by atoms with Gasteiger partial charge in [-0.2, -0.15) is 0 Å². The predicted molar refractivity (Wildman–Crippen MR) is 259 cm³/mol. The molecule has 0 spiro atoms. The summed E-state index contributed by atoms with van der Waals surface area (Å²) in [4.78, 5) is 10.6. The summed E-state index contributed by atoms with van der Waals surface area (Å²) < 4.78 is 0. The first kappa shape index (κ1) is 36.4. The molecule has 2 nitrogen and oxygen atoms in total. The summed E-state index contributed by atoms with van der Waals surface area (Å²) in [5.41, 5.74) is 20.5. The molecule has 0 amide bonds. The van der Waals surface area contributed by atoms with Crippen LogP contribution in [0.25, 0.3) is 100.0 Å². The Balaban J connectivity index is 1.01. The molecule has 0 saturated heterocycles. The van der Waals surface area contributed by atoms with Crippen LogP contribution >= 0.6 is 0 Å². The maximum absolute atomic E-state index is 5.33. The molecule has 2 aliphatic carbocycles. The van der Waals surface area contributed by atoms with Crippen LogP contribution in [-0.2, 0) is 10.8 Å². The summed E-state index contributed by atoms with van der Waals surface area (Å²) in [5.74, 6) is 0.708. The van der Waals surface area contributed by atoms with Gasteiger partial charge < -0.3 is 0 Å². The van der Waals surface area contributed by atoms with E-state index in [4.69, 9.17) is 9.97 Å². The van der Waals surface area contributed by atoms with E-state index in [2.05, 4.69) is 216 Å². The number of fused-ring (bicyclic) bond motifs is 8. The van der Waals surface area contributed by atoms with Crippen LogP contribution < -0.4 is 0 Å². The van der Waals surface area contributed by atoms with Crippen molar-refractivity contribution in [3.8, 4) is 78.4 Å². The molecule has 0 N–H and O–H groups in total. The van der Waals surface area contributed by atoms with E-state index in [9.17, 15) is 0 Å². The lowest BCUT2D eigenvalue weighted by Crippen LogP contribution is -2.14. The van der Waals surface area contributed by atoms with E-state index >= 15 is 0 Å². The van der Waals surface area contributed by atoms with E-state index in [0.29, 0.717) is 5.82 Å². The highest BCUT2D eigenvalue weighted by Crippen LogP contribution is 2.54. The van der Waals surface area contributed by atoms with Crippen LogP contribution in [0.15, 0.2) is 194 Å². The molecule has 2 heteroatoms. The fraction of sp³-hybridized carbons (Fsp3) is 0.100. The Kier molecular flexibility index (Phi) is 7.96. The van der Waals surface area contributed by atoms with Crippen LogP contribution in [0.4, 0.5) is 0 Å². The molecule has 1 heterocycles. The number of hydrogen-bond acceptors (Lipinski definition) is 2. The van der Waals surface area contributed by atoms with Gasteiger partial charge in [0.2, 0.25) is 0 Å². The van der Waals surface area contributed by atoms with Gasteiger partial charge in [-0.1, -0.05) is 191 Å². The Morgan fingerprint density at radius 2 is 0.887 bits per heavy atom. The monoisotopic (exact) mass is 792 g/mol. The van der Waals surface area contributed by atoms with Crippen molar-refractivity contribution < 1.29 is 0 Å². The lowest BCUT2D eigenvalue weighted by Gasteiger charge is -2.22. The molecule has 2 aliphatic rings. The SMILES string of the molecule is CC1(C)c2ccccc2-c2cc(-c3cccc(-c4cc(-c5ccc(-c6cccc7c6-c6cc8ccccc8cc6C7(C)C)c6ccccc56)nc(-c5ccccc5)n4)c3)ccc21. The van der Waals surface area contributed by atoms with E-state index in [-0.39, 0.29) is 10.8 Å². The molecule has 0 bridgehead atoms. The van der Waals surface area contributed by atoms with Crippen molar-refractivity contribution in [1.29, 1.82) is 0 Å². The second kappa shape index (κ2) is 13.5. The van der Waals surface area contributed by atoms with Crippen molar-refractivity contribution in [2.24, 2.45) is 0 Å². The number of benzene rings is 9. The summed E-state index contributed by atoms with van der Waals surface area (Å²) in [6, 6.07) is 71.1. The highest BCUT2D eigenvalue weighted by atomic mass is 14.9. The van der Waals surface area contributed by atoms with Gasteiger partial charge in [-0.3, -0.25) is 0 Å². The Labute approximate surface area is 363 Å². The molecule has 12 rings (SSSR count). The largest absolute Gasteiger partial charge is 0.228 e. The second-order valence-corrected chi connectivity index (χ2v) is 18.1. The maximum atomic E-state index is 5.33. The van der Waals surface area contributed by atoms with Crippen LogP contribution in [0.1, 0.15) is 49.9 Å². The molecule has 0 saturated carbocycles. The Bertz CT molecular complexity index is 3460. The highest BCUT2D eigenvalue weighted by Gasteiger charge is 2.38. The van der Waals surface area contributed by atoms with Gasteiger partial charge in [0.25, 0.3) is 0 Å². The van der Waals surface area contributed by atoms with E-state index < -0.39 is 0 Å². The van der Waals surface area contributed by atoms with E-state index in [0.717, 1.165) is 39.0 Å². The Hall–Kier alpha value is -7.42. The van der Waals surface area contributed by atoms with Gasteiger partial charge in [-0.05, 0) is 119 Å². The van der Waals surface area contributed by atoms with Crippen molar-refractivity contribution in [2.45, 2.75) is 38.5 Å². The minimum absolute atomic E-state index is 0.0291. The fourth-order valence-corrected chi connectivity index (χ4v) is 10.7. The van der Waals surface area contributed by atoms with Crippen LogP contribution in [0.5, 0.6) is 0 Å². The minimum atomic E-state index is -0.119. The molecule has 62 heavy (non-hydrogen) atoms. The molecule has 294 valence electrons. The summed E-state index contributed by atoms with van der Waals surface area (Å²) in [6.07, 6.45) is 0. The van der Waals surface area contributed by atoms with Crippen molar-refractivity contribution >= 4 is 21.5 Å². The van der Waals surface area contributed by atoms with Gasteiger partial charge in [-0.15, -0.1) is 0 Å². The lowest BCUT2D eigenvalue weighted by molar-refractivity contribution is 0.660. The number of rotatable bonds is 5. The van der Waals surface area contributed by atoms with E-state index in [1.807, 2.05) is 6.07 Å². The molecular weight excluding hydrogens is 749 g/mol. The fourth-order valence-electron chi connectivity index (χ4n) is 10.7. The third kappa shape index (κ3) is 5.49. The van der Waals surface area contributed by atoms with Crippen LogP contribution in [0.3, 0.4) is 0 Å². The Morgan fingerprint density at radius 3 is 1.73 bits per heavy atom. The maximum Gasteiger partial charge on any atom is 0.160 e. The van der Waals surface area contributed by atoms with Crippen LogP contribution in [0, 0.1) is 0 Å². The normalized spacial score (nSPS) is 14.1. The summed E-state index contributed by atoms with van der Waals surface area (Å²) in [6.45, 7) is 9.41. The van der Waals surface area contributed by atoms with Crippen molar-refractivity contribution in [3.05, 3.63) is 216 Å². The van der Waals surface area contributed by atoms with Crippen molar-refractivity contribution in [1.82, 2.24) is 9.97 Å². The number of hydrogen-bond donors (Lipinski definition) is 0. The van der Waals surface area contributed by atoms with E-state index in [1.54, 1.807) is 0 Å². The first-order valence-electron chi connectivity index (χ1n) is 21.7. The molecular formula is C60H44N2. The molecule has 0 aliphatic heterocycles. The average molecular weight is 793 g/mol. The smallest absolute Gasteiger partial charge is 0.160 e. The Morgan fingerprint density at radius 1 is 0.306 bits per heavy atom. The zero-order chi connectivity index (χ0) is 41.7. The third-order valence-corrected chi connectivity index (χ3v) is 13.9. The first-order chi connectivity index (χ1) is 30.2. The average Bonchev–Trinajstić information content (AvgIpc) is 3.69. The van der Waals surface area contributed by atoms with Gasteiger partial charge in [0.05, 0.1) is 11.4 Å². The minimum Gasteiger partial charge on any atom is -0.228 e. The first-order valence-corrected chi connectivity index (χ1v) is 21.7. The van der Waals surface area contributed by atoms with Crippen LogP contribution in [-0.4, -0.2) is 9.97 Å². The van der Waals surface area contributed by atoms with Crippen molar-refractivity contribution in [2.75, 3.05) is 0 Å². The molecule has 0 unspecified atom stereocenters. The molecule has 10 aromatic rings. The third-order valence-electron chi connectivity index (χ3n) is 13.9. The number of aromatic nitrogens is 2. The molecule has 0 radical (unpaired) electrons. The van der Waals surface area contributed by atoms with Gasteiger partial charge in [-0.25, -0.2) is 9.97 Å². The summed E-state index contributed by atoms with van der Waals surface area (Å²) >= 11 is 0. The zero-order valence-corrected chi connectivity index (χ0v) is 35.4. The van der Waals surface area contributed by atoms with E-state index in [1.165, 1.54) is 77.4 Å². The second-order valence-electron chi connectivity index (χ2n) is 18.1. The zero-order valence-electron chi connectivity index (χ0n) is 35.4. The van der Waals surface area contributed by atoms with Crippen molar-refractivity contribution in [3.63, 3.8) is 0 Å². The molecule has 0 atom stereocenters. The highest BCUT2D eigenvalue weighted by molar-refractivity contribution is 6.08. The topological polar surface area (TPSA) is 25.8 Å². The summed E-state index contributed by atoms with van der Waals surface area (Å²) in [7, 11) is 0. The summed E-state index contributed by atoms with van der Waals surface area (Å²) in [5, 5.41) is 4.92.